The molecule has 0 bridgehead atoms. The van der Waals surface area contributed by atoms with Crippen LogP contribution >= 0.6 is 0 Å². The van der Waals surface area contributed by atoms with E-state index in [4.69, 9.17) is 9.47 Å². The number of hydrogen-bond acceptors (Lipinski definition) is 3. The molecule has 1 aromatic heterocycles. The molecule has 3 rings (SSSR count). The van der Waals surface area contributed by atoms with Gasteiger partial charge in [0.15, 0.2) is 23.4 Å². The molecule has 0 spiro atoms. The number of aromatic nitrogens is 1. The molecule has 1 amide bonds. The minimum absolute atomic E-state index is 0.0691. The van der Waals surface area contributed by atoms with E-state index in [1.54, 1.807) is 6.07 Å². The molecule has 0 saturated carbocycles. The number of carbonyl (C=O) groups is 1. The lowest BCUT2D eigenvalue weighted by atomic mass is 10.2. The maximum Gasteiger partial charge on any atom is 0.293 e. The van der Waals surface area contributed by atoms with Gasteiger partial charge in [0.05, 0.1) is 0 Å². The van der Waals surface area contributed by atoms with E-state index in [0.717, 1.165) is 11.3 Å². The monoisotopic (exact) mass is 313 g/mol. The molecule has 0 saturated heterocycles. The van der Waals surface area contributed by atoms with Gasteiger partial charge in [0.2, 0.25) is 6.04 Å². The van der Waals surface area contributed by atoms with Crippen LogP contribution in [0.2, 0.25) is 0 Å². The molecule has 5 heteroatoms. The van der Waals surface area contributed by atoms with Crippen LogP contribution in [-0.4, -0.2) is 19.1 Å². The highest BCUT2D eigenvalue weighted by molar-refractivity contribution is 5.92. The predicted molar refractivity (Wildman–Crippen MR) is 86.9 cm³/mol. The van der Waals surface area contributed by atoms with Gasteiger partial charge in [-0.15, -0.1) is 0 Å². The zero-order valence-corrected chi connectivity index (χ0v) is 13.6. The molecule has 0 radical (unpaired) electrons. The zero-order valence-electron chi connectivity index (χ0n) is 13.6. The van der Waals surface area contributed by atoms with Crippen LogP contribution in [0.25, 0.3) is 0 Å². The van der Waals surface area contributed by atoms with Gasteiger partial charge in [-0.25, -0.2) is 0 Å². The van der Waals surface area contributed by atoms with E-state index in [2.05, 4.69) is 5.32 Å². The number of anilines is 1. The summed E-state index contributed by atoms with van der Waals surface area (Å²) in [5.41, 5.74) is 2.95. The SMILES string of the molecule is Cc1ccc[n+]([C@@H](C)C(=O)Nc2ccc3c(c2)OCCO3)c1C. The third-order valence-electron chi connectivity index (χ3n) is 4.16. The van der Waals surface area contributed by atoms with Gasteiger partial charge < -0.3 is 14.8 Å². The van der Waals surface area contributed by atoms with Gasteiger partial charge in [0.25, 0.3) is 5.91 Å². The van der Waals surface area contributed by atoms with Gasteiger partial charge >= 0.3 is 0 Å². The van der Waals surface area contributed by atoms with Crippen molar-refractivity contribution in [2.45, 2.75) is 26.8 Å². The number of benzene rings is 1. The van der Waals surface area contributed by atoms with Crippen LogP contribution in [0.5, 0.6) is 11.5 Å². The summed E-state index contributed by atoms with van der Waals surface area (Å²) in [7, 11) is 0. The standard InChI is InChI=1S/C18H20N2O3/c1-12-5-4-8-20(13(12)2)14(3)18(21)19-15-6-7-16-17(11-15)23-10-9-22-16/h4-8,11,14H,9-10H2,1-3H3/p+1/t14-/m0/s1. The van der Waals surface area contributed by atoms with E-state index in [0.29, 0.717) is 30.4 Å². The number of rotatable bonds is 3. The van der Waals surface area contributed by atoms with Gasteiger partial charge in [0, 0.05) is 37.2 Å². The first kappa shape index (κ1) is 15.3. The van der Waals surface area contributed by atoms with Crippen molar-refractivity contribution in [2.24, 2.45) is 0 Å². The number of fused-ring (bicyclic) bond motifs is 1. The number of ether oxygens (including phenoxy) is 2. The number of nitrogens with one attached hydrogen (secondary N) is 1. The Morgan fingerprint density at radius 3 is 2.70 bits per heavy atom. The first-order valence-corrected chi connectivity index (χ1v) is 7.74. The lowest BCUT2D eigenvalue weighted by molar-refractivity contribution is -0.711. The van der Waals surface area contributed by atoms with Crippen LogP contribution in [0.4, 0.5) is 5.69 Å². The van der Waals surface area contributed by atoms with Crippen molar-refractivity contribution in [1.82, 2.24) is 0 Å². The van der Waals surface area contributed by atoms with E-state index in [9.17, 15) is 4.79 Å². The quantitative estimate of drug-likeness (QED) is 0.886. The zero-order chi connectivity index (χ0) is 16.4. The Labute approximate surface area is 135 Å². The van der Waals surface area contributed by atoms with Gasteiger partial charge in [-0.3, -0.25) is 4.79 Å². The molecule has 1 atom stereocenters. The first-order chi connectivity index (χ1) is 11.1. The Hall–Kier alpha value is -2.56. The van der Waals surface area contributed by atoms with Crippen molar-refractivity contribution in [1.29, 1.82) is 0 Å². The fraction of sp³-hybridized carbons (Fsp3) is 0.333. The average Bonchev–Trinajstić information content (AvgIpc) is 2.56. The molecule has 0 aliphatic carbocycles. The molecule has 0 fully saturated rings. The summed E-state index contributed by atoms with van der Waals surface area (Å²) in [6.45, 7) is 7.03. The first-order valence-electron chi connectivity index (χ1n) is 7.74. The van der Waals surface area contributed by atoms with E-state index in [1.165, 1.54) is 0 Å². The summed E-state index contributed by atoms with van der Waals surface area (Å²) in [5.74, 6) is 1.31. The van der Waals surface area contributed by atoms with E-state index in [1.807, 2.05) is 55.8 Å². The van der Waals surface area contributed by atoms with Gasteiger partial charge in [0.1, 0.15) is 13.2 Å². The van der Waals surface area contributed by atoms with Crippen LogP contribution in [0.3, 0.4) is 0 Å². The average molecular weight is 313 g/mol. The lowest BCUT2D eigenvalue weighted by Crippen LogP contribution is -2.47. The van der Waals surface area contributed by atoms with Crippen molar-refractivity contribution < 1.29 is 18.8 Å². The molecule has 1 aromatic carbocycles. The number of hydrogen-bond donors (Lipinski definition) is 1. The van der Waals surface area contributed by atoms with Crippen molar-refractivity contribution in [2.75, 3.05) is 18.5 Å². The molecular formula is C18H21N2O3+. The fourth-order valence-electron chi connectivity index (χ4n) is 2.63. The Bertz CT molecular complexity index is 743. The van der Waals surface area contributed by atoms with Crippen LogP contribution in [0, 0.1) is 13.8 Å². The van der Waals surface area contributed by atoms with E-state index >= 15 is 0 Å². The topological polar surface area (TPSA) is 51.4 Å². The normalized spacial score (nSPS) is 14.2. The molecule has 2 heterocycles. The third kappa shape index (κ3) is 3.13. The van der Waals surface area contributed by atoms with Gasteiger partial charge in [-0.05, 0) is 25.1 Å². The Kier molecular flexibility index (Phi) is 4.19. The molecular weight excluding hydrogens is 292 g/mol. The van der Waals surface area contributed by atoms with Crippen LogP contribution in [0.1, 0.15) is 24.2 Å². The Morgan fingerprint density at radius 2 is 1.91 bits per heavy atom. The van der Waals surface area contributed by atoms with Crippen molar-refractivity contribution in [3.05, 3.63) is 47.8 Å². The van der Waals surface area contributed by atoms with Crippen molar-refractivity contribution >= 4 is 11.6 Å². The van der Waals surface area contributed by atoms with E-state index < -0.39 is 0 Å². The summed E-state index contributed by atoms with van der Waals surface area (Å²) in [4.78, 5) is 12.5. The van der Waals surface area contributed by atoms with Crippen LogP contribution in [-0.2, 0) is 4.79 Å². The second-order valence-electron chi connectivity index (χ2n) is 5.71. The smallest absolute Gasteiger partial charge is 0.293 e. The molecule has 120 valence electrons. The maximum absolute atomic E-state index is 12.5. The molecule has 1 N–H and O–H groups in total. The Balaban J connectivity index is 1.77. The van der Waals surface area contributed by atoms with E-state index in [-0.39, 0.29) is 11.9 Å². The third-order valence-corrected chi connectivity index (χ3v) is 4.16. The van der Waals surface area contributed by atoms with Gasteiger partial charge in [-0.1, -0.05) is 0 Å². The molecule has 5 nitrogen and oxygen atoms in total. The molecule has 1 aliphatic heterocycles. The number of amides is 1. The number of nitrogens with zero attached hydrogens (tertiary/aromatic N) is 1. The fourth-order valence-corrected chi connectivity index (χ4v) is 2.63. The minimum Gasteiger partial charge on any atom is -0.486 e. The summed E-state index contributed by atoms with van der Waals surface area (Å²) < 4.78 is 13.0. The Morgan fingerprint density at radius 1 is 1.17 bits per heavy atom. The molecule has 0 unspecified atom stereocenters. The summed E-state index contributed by atoms with van der Waals surface area (Å²) in [5, 5.41) is 2.94. The van der Waals surface area contributed by atoms with Crippen molar-refractivity contribution in [3.63, 3.8) is 0 Å². The lowest BCUT2D eigenvalue weighted by Gasteiger charge is -2.19. The maximum atomic E-state index is 12.5. The highest BCUT2D eigenvalue weighted by Gasteiger charge is 2.25. The highest BCUT2D eigenvalue weighted by atomic mass is 16.6. The molecule has 1 aliphatic rings. The minimum atomic E-state index is -0.303. The summed E-state index contributed by atoms with van der Waals surface area (Å²) in [6.07, 6.45) is 1.93. The van der Waals surface area contributed by atoms with Crippen molar-refractivity contribution in [3.8, 4) is 11.5 Å². The van der Waals surface area contributed by atoms with Gasteiger partial charge in [-0.2, -0.15) is 4.57 Å². The summed E-state index contributed by atoms with van der Waals surface area (Å²) >= 11 is 0. The predicted octanol–water partition coefficient (Wildman–Crippen LogP) is 2.56. The summed E-state index contributed by atoms with van der Waals surface area (Å²) in [6, 6.07) is 9.13. The number of pyridine rings is 1. The second-order valence-corrected chi connectivity index (χ2v) is 5.71. The molecule has 23 heavy (non-hydrogen) atoms. The second kappa shape index (κ2) is 6.28. The molecule has 2 aromatic rings. The number of aryl methyl sites for hydroxylation is 1. The number of carbonyl (C=O) groups excluding carboxylic acids is 1. The highest BCUT2D eigenvalue weighted by Crippen LogP contribution is 2.32. The van der Waals surface area contributed by atoms with Crippen LogP contribution in [0.15, 0.2) is 36.5 Å². The largest absolute Gasteiger partial charge is 0.486 e. The van der Waals surface area contributed by atoms with Crippen LogP contribution < -0.4 is 19.4 Å².